The van der Waals surface area contributed by atoms with E-state index in [1.54, 1.807) is 0 Å². The first-order valence-electron chi connectivity index (χ1n) is 7.21. The molecule has 1 aromatic rings. The van der Waals surface area contributed by atoms with Gasteiger partial charge in [0, 0.05) is 11.6 Å². The van der Waals surface area contributed by atoms with Crippen molar-refractivity contribution >= 4 is 21.9 Å². The summed E-state index contributed by atoms with van der Waals surface area (Å²) in [5.74, 6) is -4.25. The molecule has 1 aromatic carbocycles. The molecule has 1 aliphatic carbocycles. The van der Waals surface area contributed by atoms with Gasteiger partial charge in [-0.15, -0.1) is 0 Å². The molecule has 23 heavy (non-hydrogen) atoms. The van der Waals surface area contributed by atoms with Crippen LogP contribution in [0.4, 0.5) is 13.2 Å². The summed E-state index contributed by atoms with van der Waals surface area (Å²) >= 11 is 2.85. The van der Waals surface area contributed by atoms with Crippen LogP contribution in [0.25, 0.3) is 0 Å². The van der Waals surface area contributed by atoms with Gasteiger partial charge in [-0.3, -0.25) is 4.79 Å². The number of esters is 1. The zero-order valence-corrected chi connectivity index (χ0v) is 14.9. The van der Waals surface area contributed by atoms with Crippen LogP contribution in [0.2, 0.25) is 0 Å². The number of halogens is 4. The van der Waals surface area contributed by atoms with Gasteiger partial charge >= 0.3 is 5.97 Å². The van der Waals surface area contributed by atoms with Crippen LogP contribution in [0.5, 0.6) is 0 Å². The highest BCUT2D eigenvalue weighted by Crippen LogP contribution is 2.59. The summed E-state index contributed by atoms with van der Waals surface area (Å²) in [6.07, 6.45) is 2.00. The van der Waals surface area contributed by atoms with Crippen LogP contribution in [0, 0.1) is 34.7 Å². The fraction of sp³-hybridized carbons (Fsp3) is 0.471. The first-order valence-corrected chi connectivity index (χ1v) is 8.00. The minimum absolute atomic E-state index is 0.0533. The van der Waals surface area contributed by atoms with E-state index in [0.29, 0.717) is 6.07 Å². The minimum Gasteiger partial charge on any atom is -0.460 e. The Balaban J connectivity index is 2.11. The van der Waals surface area contributed by atoms with Gasteiger partial charge in [0.25, 0.3) is 0 Å². The number of hydrogen-bond donors (Lipinski definition) is 0. The number of rotatable bonds is 4. The van der Waals surface area contributed by atoms with E-state index < -0.39 is 30.0 Å². The lowest BCUT2D eigenvalue weighted by molar-refractivity contribution is -0.147. The predicted octanol–water partition coefficient (Wildman–Crippen LogP) is 5.15. The van der Waals surface area contributed by atoms with Crippen LogP contribution >= 0.6 is 15.9 Å². The van der Waals surface area contributed by atoms with Crippen molar-refractivity contribution in [1.82, 2.24) is 0 Å². The van der Waals surface area contributed by atoms with Crippen molar-refractivity contribution in [3.05, 3.63) is 45.2 Å². The SMILES string of the molecule is CC(C)=C[C@@H]1[C@@H](C(=O)OCc2c(F)c(F)cc(F)c2Br)C1(C)C. The van der Waals surface area contributed by atoms with Crippen LogP contribution in [-0.2, 0) is 16.1 Å². The molecule has 1 saturated carbocycles. The molecule has 126 valence electrons. The van der Waals surface area contributed by atoms with Gasteiger partial charge in [0.2, 0.25) is 0 Å². The molecule has 0 unspecified atom stereocenters. The van der Waals surface area contributed by atoms with E-state index in [9.17, 15) is 18.0 Å². The number of allylic oxidation sites excluding steroid dienone is 2. The average molecular weight is 391 g/mol. The van der Waals surface area contributed by atoms with Gasteiger partial charge in [-0.1, -0.05) is 25.5 Å². The first kappa shape index (κ1) is 18.0. The second kappa shape index (κ2) is 6.30. The number of benzene rings is 1. The van der Waals surface area contributed by atoms with Gasteiger partial charge in [-0.2, -0.15) is 0 Å². The van der Waals surface area contributed by atoms with E-state index in [1.807, 2.05) is 33.8 Å². The van der Waals surface area contributed by atoms with E-state index in [1.165, 1.54) is 0 Å². The Labute approximate surface area is 141 Å². The summed E-state index contributed by atoms with van der Waals surface area (Å²) in [6, 6.07) is 0.444. The molecule has 0 N–H and O–H groups in total. The summed E-state index contributed by atoms with van der Waals surface area (Å²) in [6.45, 7) is 7.26. The average Bonchev–Trinajstić information content (AvgIpc) is 2.96. The quantitative estimate of drug-likeness (QED) is 0.403. The molecule has 0 saturated heterocycles. The molecular formula is C17H18BrF3O2. The lowest BCUT2D eigenvalue weighted by atomic mass is 10.1. The smallest absolute Gasteiger partial charge is 0.310 e. The van der Waals surface area contributed by atoms with Crippen LogP contribution in [-0.4, -0.2) is 5.97 Å². The van der Waals surface area contributed by atoms with E-state index in [4.69, 9.17) is 4.74 Å². The van der Waals surface area contributed by atoms with Gasteiger partial charge in [0.05, 0.1) is 10.4 Å². The van der Waals surface area contributed by atoms with Crippen molar-refractivity contribution in [3.63, 3.8) is 0 Å². The zero-order valence-electron chi connectivity index (χ0n) is 13.3. The maximum Gasteiger partial charge on any atom is 0.310 e. The second-order valence-corrected chi connectivity index (χ2v) is 7.42. The molecule has 0 spiro atoms. The molecule has 2 nitrogen and oxygen atoms in total. The number of ether oxygens (including phenoxy) is 1. The van der Waals surface area contributed by atoms with E-state index in [2.05, 4.69) is 15.9 Å². The molecular weight excluding hydrogens is 373 g/mol. The summed E-state index contributed by atoms with van der Waals surface area (Å²) < 4.78 is 45.3. The van der Waals surface area contributed by atoms with Crippen molar-refractivity contribution in [2.45, 2.75) is 34.3 Å². The number of hydrogen-bond acceptors (Lipinski definition) is 2. The Morgan fingerprint density at radius 2 is 1.91 bits per heavy atom. The van der Waals surface area contributed by atoms with Crippen molar-refractivity contribution in [2.24, 2.45) is 17.3 Å². The highest BCUT2D eigenvalue weighted by atomic mass is 79.9. The molecule has 0 amide bonds. The Hall–Kier alpha value is -1.30. The Morgan fingerprint density at radius 3 is 2.48 bits per heavy atom. The van der Waals surface area contributed by atoms with Crippen LogP contribution in [0.15, 0.2) is 22.2 Å². The van der Waals surface area contributed by atoms with E-state index in [-0.39, 0.29) is 27.3 Å². The molecule has 0 radical (unpaired) electrons. The summed E-state index contributed by atoms with van der Waals surface area (Å²) in [5, 5.41) is 0. The third-order valence-electron chi connectivity index (χ3n) is 4.24. The maximum atomic E-state index is 13.7. The highest BCUT2D eigenvalue weighted by molar-refractivity contribution is 9.10. The van der Waals surface area contributed by atoms with Crippen molar-refractivity contribution in [2.75, 3.05) is 0 Å². The maximum absolute atomic E-state index is 13.7. The standard InChI is InChI=1S/C17H18BrF3O2/c1-8(2)5-10-13(17(10,3)4)16(22)23-7-9-14(18)11(19)6-12(20)15(9)21/h5-6,10,13H,7H2,1-4H3/t10-,13+/m1/s1. The van der Waals surface area contributed by atoms with Gasteiger partial charge in [-0.05, 0) is 41.1 Å². The van der Waals surface area contributed by atoms with Crippen molar-refractivity contribution in [3.8, 4) is 0 Å². The van der Waals surface area contributed by atoms with E-state index >= 15 is 0 Å². The molecule has 0 aromatic heterocycles. The highest BCUT2D eigenvalue weighted by Gasteiger charge is 2.61. The number of carbonyl (C=O) groups is 1. The summed E-state index contributed by atoms with van der Waals surface area (Å²) in [5.41, 5.74) is 0.518. The van der Waals surface area contributed by atoms with Gasteiger partial charge < -0.3 is 4.74 Å². The summed E-state index contributed by atoms with van der Waals surface area (Å²) in [7, 11) is 0. The number of carbonyl (C=O) groups excluding carboxylic acids is 1. The van der Waals surface area contributed by atoms with Gasteiger partial charge in [0.1, 0.15) is 12.4 Å². The predicted molar refractivity (Wildman–Crippen MR) is 84.0 cm³/mol. The monoisotopic (exact) mass is 390 g/mol. The molecule has 2 rings (SSSR count). The lowest BCUT2D eigenvalue weighted by Crippen LogP contribution is -2.12. The van der Waals surface area contributed by atoms with Crippen molar-refractivity contribution < 1.29 is 22.7 Å². The van der Waals surface area contributed by atoms with Gasteiger partial charge in [-0.25, -0.2) is 13.2 Å². The molecule has 0 aliphatic heterocycles. The fourth-order valence-corrected chi connectivity index (χ4v) is 3.18. The van der Waals surface area contributed by atoms with Crippen LogP contribution in [0.1, 0.15) is 33.3 Å². The molecule has 0 heterocycles. The molecule has 1 aliphatic rings. The van der Waals surface area contributed by atoms with E-state index in [0.717, 1.165) is 5.57 Å². The second-order valence-electron chi connectivity index (χ2n) is 6.62. The Morgan fingerprint density at radius 1 is 1.30 bits per heavy atom. The molecule has 0 bridgehead atoms. The zero-order chi connectivity index (χ0) is 17.5. The topological polar surface area (TPSA) is 26.3 Å². The molecule has 6 heteroatoms. The third-order valence-corrected chi connectivity index (χ3v) is 5.10. The Kier molecular flexibility index (Phi) is 4.95. The largest absolute Gasteiger partial charge is 0.460 e. The van der Waals surface area contributed by atoms with Crippen molar-refractivity contribution in [1.29, 1.82) is 0 Å². The molecule has 1 fully saturated rings. The fourth-order valence-electron chi connectivity index (χ4n) is 2.78. The normalized spacial score (nSPS) is 21.7. The first-order chi connectivity index (χ1) is 10.6. The summed E-state index contributed by atoms with van der Waals surface area (Å²) in [4.78, 5) is 12.2. The molecule has 2 atom stereocenters. The van der Waals surface area contributed by atoms with Gasteiger partial charge in [0.15, 0.2) is 11.6 Å². The van der Waals surface area contributed by atoms with Crippen LogP contribution in [0.3, 0.4) is 0 Å². The Bertz CT molecular complexity index is 653. The van der Waals surface area contributed by atoms with Crippen LogP contribution < -0.4 is 0 Å². The lowest BCUT2D eigenvalue weighted by Gasteiger charge is -2.10. The minimum atomic E-state index is -1.31. The third kappa shape index (κ3) is 3.47.